The van der Waals surface area contributed by atoms with Gasteiger partial charge in [-0.15, -0.1) is 0 Å². The minimum atomic E-state index is 1.11. The van der Waals surface area contributed by atoms with Crippen molar-refractivity contribution in [1.29, 1.82) is 0 Å². The molecule has 0 amide bonds. The minimum Gasteiger partial charge on any atom is -0.310 e. The Bertz CT molecular complexity index is 2240. The molecule has 8 rings (SSSR count). The van der Waals surface area contributed by atoms with Crippen molar-refractivity contribution in [3.05, 3.63) is 211 Å². The van der Waals surface area contributed by atoms with Gasteiger partial charge in [-0.2, -0.15) is 0 Å². The van der Waals surface area contributed by atoms with Crippen LogP contribution < -0.4 is 4.90 Å². The van der Waals surface area contributed by atoms with Crippen LogP contribution >= 0.6 is 0 Å². The first kappa shape index (κ1) is 28.3. The lowest BCUT2D eigenvalue weighted by molar-refractivity contribution is 1.29. The second kappa shape index (κ2) is 12.7. The smallest absolute Gasteiger partial charge is 0.0468 e. The number of hydrogen-bond donors (Lipinski definition) is 0. The number of rotatable bonds is 7. The Morgan fingerprint density at radius 2 is 0.766 bits per heavy atom. The Labute approximate surface area is 276 Å². The summed E-state index contributed by atoms with van der Waals surface area (Å²) in [6, 6.07) is 69.6. The second-order valence-corrected chi connectivity index (χ2v) is 11.9. The van der Waals surface area contributed by atoms with Crippen LogP contribution in [0, 0.1) is 0 Å². The molecule has 0 radical (unpaired) electrons. The topological polar surface area (TPSA) is 3.24 Å². The lowest BCUT2D eigenvalue weighted by Crippen LogP contribution is -2.10. The van der Waals surface area contributed by atoms with Gasteiger partial charge in [0, 0.05) is 17.1 Å². The maximum atomic E-state index is 2.36. The zero-order chi connectivity index (χ0) is 31.4. The zero-order valence-electron chi connectivity index (χ0n) is 26.0. The zero-order valence-corrected chi connectivity index (χ0v) is 26.0. The minimum absolute atomic E-state index is 1.11. The Morgan fingerprint density at radius 1 is 0.340 bits per heavy atom. The van der Waals surface area contributed by atoms with E-state index < -0.39 is 0 Å². The molecule has 0 saturated carbocycles. The van der Waals surface area contributed by atoms with Crippen LogP contribution in [0.15, 0.2) is 194 Å². The molecular weight excluding hydrogens is 567 g/mol. The van der Waals surface area contributed by atoms with E-state index in [1.807, 2.05) is 0 Å². The Kier molecular flexibility index (Phi) is 7.63. The molecule has 0 aliphatic rings. The van der Waals surface area contributed by atoms with Crippen LogP contribution in [0.1, 0.15) is 16.7 Å². The molecule has 1 nitrogen and oxygen atoms in total. The normalized spacial score (nSPS) is 11.5. The summed E-state index contributed by atoms with van der Waals surface area (Å²) in [6.07, 6.45) is 2.29. The molecule has 8 aromatic rings. The fourth-order valence-corrected chi connectivity index (χ4v) is 6.39. The molecular formula is C46H33N. The highest BCUT2D eigenvalue weighted by atomic mass is 15.1. The molecule has 0 aliphatic heterocycles. The van der Waals surface area contributed by atoms with Gasteiger partial charge in [-0.3, -0.25) is 0 Å². The quantitative estimate of drug-likeness (QED) is 0.165. The summed E-state index contributed by atoms with van der Waals surface area (Å²) in [5, 5.41) is 4.91. The molecule has 0 aliphatic carbocycles. The summed E-state index contributed by atoms with van der Waals surface area (Å²) < 4.78 is 0. The van der Waals surface area contributed by atoms with Crippen molar-refractivity contribution >= 4 is 50.3 Å². The maximum Gasteiger partial charge on any atom is 0.0468 e. The molecule has 0 atom stereocenters. The highest BCUT2D eigenvalue weighted by Crippen LogP contribution is 2.38. The lowest BCUT2D eigenvalue weighted by Gasteiger charge is -2.26. The van der Waals surface area contributed by atoms with Crippen LogP contribution in [-0.2, 0) is 0 Å². The summed E-state index contributed by atoms with van der Waals surface area (Å²) in [5.74, 6) is 0. The second-order valence-electron chi connectivity index (χ2n) is 11.9. The van der Waals surface area contributed by atoms with Crippen molar-refractivity contribution in [2.45, 2.75) is 0 Å². The number of anilines is 3. The van der Waals surface area contributed by atoms with E-state index in [4.69, 9.17) is 0 Å². The van der Waals surface area contributed by atoms with Gasteiger partial charge in [0.25, 0.3) is 0 Å². The highest BCUT2D eigenvalue weighted by molar-refractivity contribution is 5.94. The molecule has 0 saturated heterocycles. The van der Waals surface area contributed by atoms with Gasteiger partial charge in [-0.25, -0.2) is 0 Å². The summed E-state index contributed by atoms with van der Waals surface area (Å²) in [6.45, 7) is 0. The third kappa shape index (κ3) is 5.95. The fourth-order valence-electron chi connectivity index (χ4n) is 6.39. The first-order valence-electron chi connectivity index (χ1n) is 16.1. The van der Waals surface area contributed by atoms with Crippen molar-refractivity contribution in [3.63, 3.8) is 0 Å². The van der Waals surface area contributed by atoms with Crippen molar-refractivity contribution < 1.29 is 0 Å². The van der Waals surface area contributed by atoms with Gasteiger partial charge >= 0.3 is 0 Å². The van der Waals surface area contributed by atoms with Crippen molar-refractivity contribution in [2.75, 3.05) is 4.90 Å². The first-order valence-corrected chi connectivity index (χ1v) is 16.1. The molecule has 0 heterocycles. The van der Waals surface area contributed by atoms with Gasteiger partial charge in [-0.1, -0.05) is 158 Å². The van der Waals surface area contributed by atoms with Gasteiger partial charge in [0.15, 0.2) is 0 Å². The molecule has 222 valence electrons. The molecule has 0 fully saturated rings. The molecule has 1 heteroatoms. The van der Waals surface area contributed by atoms with Crippen molar-refractivity contribution in [1.82, 2.24) is 0 Å². The van der Waals surface area contributed by atoms with E-state index in [-0.39, 0.29) is 0 Å². The van der Waals surface area contributed by atoms with E-state index in [1.165, 1.54) is 54.9 Å². The van der Waals surface area contributed by atoms with Crippen LogP contribution in [0.25, 0.3) is 44.3 Å². The van der Waals surface area contributed by atoms with E-state index >= 15 is 0 Å². The van der Waals surface area contributed by atoms with Gasteiger partial charge in [0.1, 0.15) is 0 Å². The van der Waals surface area contributed by atoms with Crippen LogP contribution in [0.2, 0.25) is 0 Å². The van der Waals surface area contributed by atoms with Crippen LogP contribution in [0.4, 0.5) is 17.1 Å². The molecule has 47 heavy (non-hydrogen) atoms. The first-order chi connectivity index (χ1) is 23.3. The summed E-state index contributed by atoms with van der Waals surface area (Å²) in [4.78, 5) is 2.36. The monoisotopic (exact) mass is 599 g/mol. The maximum absolute atomic E-state index is 2.36. The van der Waals surface area contributed by atoms with E-state index in [0.29, 0.717) is 0 Å². The van der Waals surface area contributed by atoms with Gasteiger partial charge in [0.05, 0.1) is 0 Å². The number of nitrogens with zero attached hydrogens (tertiary/aromatic N) is 1. The summed E-state index contributed by atoms with van der Waals surface area (Å²) in [7, 11) is 0. The Morgan fingerprint density at radius 3 is 1.32 bits per heavy atom. The molecule has 0 unspecified atom stereocenters. The summed E-state index contributed by atoms with van der Waals surface area (Å²) in [5.41, 5.74) is 10.5. The highest BCUT2D eigenvalue weighted by Gasteiger charge is 2.15. The molecule has 0 bridgehead atoms. The largest absolute Gasteiger partial charge is 0.310 e. The Hall–Kier alpha value is -6.18. The Balaban J connectivity index is 1.22. The van der Waals surface area contributed by atoms with Crippen LogP contribution in [0.5, 0.6) is 0 Å². The van der Waals surface area contributed by atoms with Crippen molar-refractivity contribution in [2.24, 2.45) is 0 Å². The third-order valence-corrected chi connectivity index (χ3v) is 8.83. The number of fused-ring (bicyclic) bond motifs is 2. The van der Waals surface area contributed by atoms with E-state index in [1.54, 1.807) is 0 Å². The van der Waals surface area contributed by atoms with E-state index in [2.05, 4.69) is 205 Å². The lowest BCUT2D eigenvalue weighted by atomic mass is 9.93. The average Bonchev–Trinajstić information content (AvgIpc) is 3.15. The molecule has 0 spiro atoms. The predicted octanol–water partition coefficient (Wildman–Crippen LogP) is 12.7. The third-order valence-electron chi connectivity index (χ3n) is 8.83. The van der Waals surface area contributed by atoms with E-state index in [0.717, 1.165) is 17.1 Å². The SMILES string of the molecule is C(=C(c1ccc(-c2ccccc2)cc1)c1ccc(N(c2ccc3ccccc3c2)c2ccc3ccccc3c2)cc1)c1ccccc1. The van der Waals surface area contributed by atoms with Gasteiger partial charge < -0.3 is 4.90 Å². The molecule has 0 N–H and O–H groups in total. The number of hydrogen-bond acceptors (Lipinski definition) is 1. The van der Waals surface area contributed by atoms with Crippen molar-refractivity contribution in [3.8, 4) is 11.1 Å². The fraction of sp³-hybridized carbons (Fsp3) is 0. The average molecular weight is 600 g/mol. The predicted molar refractivity (Wildman–Crippen MR) is 201 cm³/mol. The molecule has 0 aromatic heterocycles. The van der Waals surface area contributed by atoms with E-state index in [9.17, 15) is 0 Å². The van der Waals surface area contributed by atoms with Crippen LogP contribution in [-0.4, -0.2) is 0 Å². The van der Waals surface area contributed by atoms with Gasteiger partial charge in [-0.05, 0) is 97.4 Å². The molecule has 8 aromatic carbocycles. The van der Waals surface area contributed by atoms with Crippen LogP contribution in [0.3, 0.4) is 0 Å². The summed E-state index contributed by atoms with van der Waals surface area (Å²) >= 11 is 0. The standard InChI is InChI=1S/C46H33N/c1-3-11-34(12-4-1)31-46(39-21-19-38(20-22-39)35-13-5-2-6-14-35)40-25-27-43(28-26-40)47(44-29-23-36-15-7-9-17-41(36)32-44)45-30-24-37-16-8-10-18-42(37)33-45/h1-33H. The van der Waals surface area contributed by atoms with Gasteiger partial charge in [0.2, 0.25) is 0 Å². The number of benzene rings is 8.